The van der Waals surface area contributed by atoms with Gasteiger partial charge in [0, 0.05) is 0 Å². The maximum Gasteiger partial charge on any atom is 0.282 e. The molecule has 0 atom stereocenters. The molecular weight excluding hydrogens is 422 g/mol. The predicted octanol–water partition coefficient (Wildman–Crippen LogP) is 3.71. The first-order chi connectivity index (χ1) is 13.9. The van der Waals surface area contributed by atoms with E-state index in [1.54, 1.807) is 24.3 Å². The topological polar surface area (TPSA) is 97.7 Å². The molecule has 1 aliphatic rings. The molecule has 0 heterocycles. The van der Waals surface area contributed by atoms with Crippen LogP contribution in [-0.4, -0.2) is 28.3 Å². The molecule has 0 saturated heterocycles. The van der Waals surface area contributed by atoms with Crippen LogP contribution in [0.4, 0.5) is 0 Å². The second-order valence-electron chi connectivity index (χ2n) is 7.19. The Morgan fingerprint density at radius 2 is 1.17 bits per heavy atom. The maximum atomic E-state index is 13.1. The Kier molecular flexibility index (Phi) is 5.66. The van der Waals surface area contributed by atoms with Crippen LogP contribution in [0.15, 0.2) is 84.8 Å². The molecule has 156 valence electrons. The van der Waals surface area contributed by atoms with Crippen molar-refractivity contribution in [3.05, 3.63) is 81.8 Å². The van der Waals surface area contributed by atoms with E-state index in [-0.39, 0.29) is 26.6 Å². The number of hydrogen-bond acceptors (Lipinski definition) is 5. The third-order valence-electron chi connectivity index (χ3n) is 4.77. The number of allylic oxidation sites excluding steroid dienone is 4. The SMILES string of the molecule is CC1=CC(=O)C(S(=O)(=O)c2ccc(C)cc2)=C(C)/C1=N/S(=O)(=O)c1ccc(C)cc1. The van der Waals surface area contributed by atoms with Crippen LogP contribution in [0.5, 0.6) is 0 Å². The van der Waals surface area contributed by atoms with Crippen LogP contribution in [0.1, 0.15) is 25.0 Å². The van der Waals surface area contributed by atoms with Gasteiger partial charge in [-0.1, -0.05) is 35.4 Å². The van der Waals surface area contributed by atoms with Gasteiger partial charge in [0.05, 0.1) is 15.5 Å². The number of carbonyl (C=O) groups excluding carboxylic acids is 1. The van der Waals surface area contributed by atoms with Gasteiger partial charge in [-0.25, -0.2) is 8.42 Å². The van der Waals surface area contributed by atoms with Crippen LogP contribution >= 0.6 is 0 Å². The summed E-state index contributed by atoms with van der Waals surface area (Å²) in [4.78, 5) is 12.1. The highest BCUT2D eigenvalue weighted by molar-refractivity contribution is 7.96. The van der Waals surface area contributed by atoms with Gasteiger partial charge in [0.1, 0.15) is 4.91 Å². The molecule has 6 nitrogen and oxygen atoms in total. The van der Waals surface area contributed by atoms with Crippen molar-refractivity contribution in [2.24, 2.45) is 4.40 Å². The molecular formula is C22H21NO5S2. The van der Waals surface area contributed by atoms with Gasteiger partial charge in [-0.3, -0.25) is 4.79 Å². The van der Waals surface area contributed by atoms with E-state index in [9.17, 15) is 21.6 Å². The Bertz CT molecular complexity index is 1330. The highest BCUT2D eigenvalue weighted by Gasteiger charge is 2.34. The summed E-state index contributed by atoms with van der Waals surface area (Å²) in [6.07, 6.45) is 1.11. The molecule has 2 aromatic carbocycles. The number of sulfone groups is 1. The van der Waals surface area contributed by atoms with Crippen LogP contribution in [0.25, 0.3) is 0 Å². The molecule has 2 aromatic rings. The molecule has 0 bridgehead atoms. The maximum absolute atomic E-state index is 13.1. The molecule has 0 unspecified atom stereocenters. The highest BCUT2D eigenvalue weighted by Crippen LogP contribution is 2.30. The van der Waals surface area contributed by atoms with Crippen molar-refractivity contribution in [2.75, 3.05) is 0 Å². The van der Waals surface area contributed by atoms with Gasteiger partial charge in [0.15, 0.2) is 5.78 Å². The van der Waals surface area contributed by atoms with Crippen molar-refractivity contribution in [1.29, 1.82) is 0 Å². The number of ketones is 1. The van der Waals surface area contributed by atoms with Crippen molar-refractivity contribution in [1.82, 2.24) is 0 Å². The summed E-state index contributed by atoms with van der Waals surface area (Å²) in [5.74, 6) is -0.697. The number of nitrogens with zero attached hydrogens (tertiary/aromatic N) is 1. The summed E-state index contributed by atoms with van der Waals surface area (Å²) in [6.45, 7) is 6.58. The molecule has 0 fully saturated rings. The zero-order valence-electron chi connectivity index (χ0n) is 17.0. The van der Waals surface area contributed by atoms with Gasteiger partial charge in [0.2, 0.25) is 9.84 Å². The van der Waals surface area contributed by atoms with Gasteiger partial charge < -0.3 is 0 Å². The smallest absolute Gasteiger partial charge is 0.282 e. The summed E-state index contributed by atoms with van der Waals surface area (Å²) in [7, 11) is -8.24. The number of rotatable bonds is 4. The van der Waals surface area contributed by atoms with E-state index in [1.165, 1.54) is 38.1 Å². The Morgan fingerprint density at radius 1 is 0.700 bits per heavy atom. The molecule has 0 N–H and O–H groups in total. The molecule has 1 aliphatic carbocycles. The van der Waals surface area contributed by atoms with E-state index in [1.807, 2.05) is 13.8 Å². The molecule has 3 rings (SSSR count). The van der Waals surface area contributed by atoms with Gasteiger partial charge >= 0.3 is 0 Å². The number of benzene rings is 2. The molecule has 8 heteroatoms. The predicted molar refractivity (Wildman–Crippen MR) is 116 cm³/mol. The zero-order chi connectivity index (χ0) is 22.3. The average Bonchev–Trinajstić information content (AvgIpc) is 2.65. The van der Waals surface area contributed by atoms with Gasteiger partial charge in [-0.05, 0) is 69.2 Å². The van der Waals surface area contributed by atoms with E-state index >= 15 is 0 Å². The summed E-state index contributed by atoms with van der Waals surface area (Å²) in [5, 5.41) is 0. The molecule has 30 heavy (non-hydrogen) atoms. The standard InChI is InChI=1S/C22H21NO5S2/c1-14-5-9-18(10-6-14)29(25,26)22-17(4)21(16(3)13-20(22)24)23-30(27,28)19-11-7-15(2)8-12-19/h5-13H,1-4H3/b23-21+. The van der Waals surface area contributed by atoms with E-state index < -0.39 is 30.5 Å². The molecule has 0 aromatic heterocycles. The van der Waals surface area contributed by atoms with Crippen LogP contribution < -0.4 is 0 Å². The third-order valence-corrected chi connectivity index (χ3v) is 8.00. The summed E-state index contributed by atoms with van der Waals surface area (Å²) in [6, 6.07) is 12.3. The van der Waals surface area contributed by atoms with Crippen molar-refractivity contribution >= 4 is 31.4 Å². The van der Waals surface area contributed by atoms with E-state index in [0.29, 0.717) is 0 Å². The molecule has 0 radical (unpaired) electrons. The van der Waals surface area contributed by atoms with Gasteiger partial charge in [-0.2, -0.15) is 12.8 Å². The Labute approximate surface area is 176 Å². The Morgan fingerprint density at radius 3 is 1.67 bits per heavy atom. The number of sulfonamides is 1. The number of carbonyl (C=O) groups is 1. The second kappa shape index (κ2) is 7.77. The summed E-state index contributed by atoms with van der Waals surface area (Å²) < 4.78 is 55.7. The first-order valence-electron chi connectivity index (χ1n) is 9.11. The fourth-order valence-electron chi connectivity index (χ4n) is 3.11. The fourth-order valence-corrected chi connectivity index (χ4v) is 5.77. The van der Waals surface area contributed by atoms with Crippen molar-refractivity contribution in [3.63, 3.8) is 0 Å². The summed E-state index contributed by atoms with van der Waals surface area (Å²) >= 11 is 0. The lowest BCUT2D eigenvalue weighted by atomic mass is 9.97. The lowest BCUT2D eigenvalue weighted by molar-refractivity contribution is -0.110. The monoisotopic (exact) mass is 443 g/mol. The average molecular weight is 444 g/mol. The molecule has 0 amide bonds. The third kappa shape index (κ3) is 4.06. The van der Waals surface area contributed by atoms with Crippen LogP contribution in [0, 0.1) is 13.8 Å². The fraction of sp³-hybridized carbons (Fsp3) is 0.182. The first-order valence-corrected chi connectivity index (χ1v) is 12.0. The Balaban J connectivity index is 2.18. The lowest BCUT2D eigenvalue weighted by Gasteiger charge is -2.18. The van der Waals surface area contributed by atoms with E-state index in [0.717, 1.165) is 17.2 Å². The van der Waals surface area contributed by atoms with Crippen molar-refractivity contribution in [2.45, 2.75) is 37.5 Å². The minimum Gasteiger partial charge on any atom is -0.288 e. The van der Waals surface area contributed by atoms with Crippen LogP contribution in [0.3, 0.4) is 0 Å². The van der Waals surface area contributed by atoms with E-state index in [4.69, 9.17) is 0 Å². The van der Waals surface area contributed by atoms with Gasteiger partial charge in [-0.15, -0.1) is 0 Å². The lowest BCUT2D eigenvalue weighted by Crippen LogP contribution is -2.23. The largest absolute Gasteiger partial charge is 0.288 e. The normalized spacial score (nSPS) is 16.7. The molecule has 0 aliphatic heterocycles. The van der Waals surface area contributed by atoms with Gasteiger partial charge in [0.25, 0.3) is 10.0 Å². The number of aryl methyl sites for hydroxylation is 2. The second-order valence-corrected chi connectivity index (χ2v) is 10.7. The molecule has 0 saturated carbocycles. The summed E-state index contributed by atoms with van der Waals surface area (Å²) in [5.41, 5.74) is 2.02. The van der Waals surface area contributed by atoms with Crippen molar-refractivity contribution in [3.8, 4) is 0 Å². The molecule has 0 spiro atoms. The zero-order valence-corrected chi connectivity index (χ0v) is 18.6. The van der Waals surface area contributed by atoms with E-state index in [2.05, 4.69) is 4.40 Å². The Hall–Kier alpha value is -2.84. The highest BCUT2D eigenvalue weighted by atomic mass is 32.2. The van der Waals surface area contributed by atoms with Crippen molar-refractivity contribution < 1.29 is 21.6 Å². The minimum atomic E-state index is -4.15. The van der Waals surface area contributed by atoms with Crippen LogP contribution in [-0.2, 0) is 24.7 Å². The van der Waals surface area contributed by atoms with Crippen LogP contribution in [0.2, 0.25) is 0 Å². The number of hydrogen-bond donors (Lipinski definition) is 0. The quantitative estimate of drug-likeness (QED) is 0.671. The minimum absolute atomic E-state index is 0.0104. The first kappa shape index (κ1) is 21.9.